The van der Waals surface area contributed by atoms with Crippen LogP contribution in [0.5, 0.6) is 0 Å². The van der Waals surface area contributed by atoms with Gasteiger partial charge < -0.3 is 5.32 Å². The Morgan fingerprint density at radius 2 is 1.95 bits per heavy atom. The second-order valence-electron chi connectivity index (χ2n) is 4.88. The third-order valence-electron chi connectivity index (χ3n) is 3.86. The van der Waals surface area contributed by atoms with E-state index in [-0.39, 0.29) is 12.4 Å². The molecule has 1 heterocycles. The molecule has 0 bridgehead atoms. The molecule has 2 unspecified atom stereocenters. The highest BCUT2D eigenvalue weighted by Gasteiger charge is 2.28. The molecule has 108 valence electrons. The van der Waals surface area contributed by atoms with Crippen molar-refractivity contribution >= 4 is 46.9 Å². The lowest BCUT2D eigenvalue weighted by atomic mass is 9.82. The van der Waals surface area contributed by atoms with Crippen molar-refractivity contribution in [3.8, 4) is 0 Å². The van der Waals surface area contributed by atoms with E-state index in [1.807, 2.05) is 30.5 Å². The van der Waals surface area contributed by atoms with Crippen LogP contribution in [0.25, 0.3) is 0 Å². The van der Waals surface area contributed by atoms with Gasteiger partial charge in [-0.2, -0.15) is 0 Å². The van der Waals surface area contributed by atoms with Gasteiger partial charge >= 0.3 is 0 Å². The molecule has 1 aliphatic rings. The molecule has 0 fully saturated rings. The Morgan fingerprint density at radius 1 is 1.15 bits per heavy atom. The molecule has 2 aromatic rings. The zero-order valence-corrected chi connectivity index (χ0v) is 14.2. The van der Waals surface area contributed by atoms with Crippen LogP contribution >= 0.6 is 46.9 Å². The van der Waals surface area contributed by atoms with Gasteiger partial charge in [-0.1, -0.05) is 29.3 Å². The van der Waals surface area contributed by atoms with Gasteiger partial charge in [0.15, 0.2) is 0 Å². The summed E-state index contributed by atoms with van der Waals surface area (Å²) < 4.78 is 0. The van der Waals surface area contributed by atoms with E-state index in [1.165, 1.54) is 16.0 Å². The molecular formula is C15H16Cl3NS. The lowest BCUT2D eigenvalue weighted by molar-refractivity contribution is 0.477. The Morgan fingerprint density at radius 3 is 2.65 bits per heavy atom. The summed E-state index contributed by atoms with van der Waals surface area (Å²) in [5.41, 5.74) is 2.71. The second kappa shape index (κ2) is 6.67. The van der Waals surface area contributed by atoms with Crippen molar-refractivity contribution in [2.24, 2.45) is 0 Å². The molecule has 20 heavy (non-hydrogen) atoms. The lowest BCUT2D eigenvalue weighted by Crippen LogP contribution is -2.22. The molecule has 3 rings (SSSR count). The molecule has 5 heteroatoms. The molecule has 0 amide bonds. The van der Waals surface area contributed by atoms with E-state index in [2.05, 4.69) is 22.8 Å². The lowest BCUT2D eigenvalue weighted by Gasteiger charge is -2.29. The SMILES string of the molecule is CNC1CCC(c2ccc(Cl)c(Cl)c2)c2sccc21.Cl. The molecule has 0 aliphatic heterocycles. The molecule has 2 atom stereocenters. The zero-order valence-electron chi connectivity index (χ0n) is 11.0. The molecule has 0 saturated heterocycles. The summed E-state index contributed by atoms with van der Waals surface area (Å²) in [4.78, 5) is 1.46. The van der Waals surface area contributed by atoms with Gasteiger partial charge in [0.25, 0.3) is 0 Å². The van der Waals surface area contributed by atoms with Crippen LogP contribution in [0.4, 0.5) is 0 Å². The summed E-state index contributed by atoms with van der Waals surface area (Å²) in [5.74, 6) is 0.453. The van der Waals surface area contributed by atoms with Gasteiger partial charge in [0, 0.05) is 16.8 Å². The van der Waals surface area contributed by atoms with E-state index in [9.17, 15) is 0 Å². The highest BCUT2D eigenvalue weighted by Crippen LogP contribution is 2.44. The minimum atomic E-state index is 0. The number of thiophene rings is 1. The zero-order chi connectivity index (χ0) is 13.4. The van der Waals surface area contributed by atoms with Gasteiger partial charge in [0.05, 0.1) is 10.0 Å². The maximum Gasteiger partial charge on any atom is 0.0595 e. The third-order valence-corrected chi connectivity index (χ3v) is 5.64. The summed E-state index contributed by atoms with van der Waals surface area (Å²) in [7, 11) is 2.03. The third kappa shape index (κ3) is 2.86. The Labute approximate surface area is 139 Å². The van der Waals surface area contributed by atoms with Crippen LogP contribution in [0.3, 0.4) is 0 Å². The number of fused-ring (bicyclic) bond motifs is 1. The molecule has 1 aliphatic carbocycles. The first kappa shape index (κ1) is 16.1. The van der Waals surface area contributed by atoms with Crippen molar-refractivity contribution in [1.29, 1.82) is 0 Å². The van der Waals surface area contributed by atoms with E-state index in [1.54, 1.807) is 0 Å². The largest absolute Gasteiger partial charge is 0.313 e. The van der Waals surface area contributed by atoms with Crippen molar-refractivity contribution in [3.63, 3.8) is 0 Å². The van der Waals surface area contributed by atoms with E-state index in [4.69, 9.17) is 23.2 Å². The standard InChI is InChI=1S/C15H15Cl2NS.ClH/c1-18-14-5-3-10(15-11(14)6-7-19-15)9-2-4-12(16)13(17)8-9;/h2,4,6-8,10,14,18H,3,5H2,1H3;1H. The smallest absolute Gasteiger partial charge is 0.0595 e. The Kier molecular flexibility index (Phi) is 5.38. The first-order valence-electron chi connectivity index (χ1n) is 6.40. The fourth-order valence-electron chi connectivity index (χ4n) is 2.87. The molecule has 0 saturated carbocycles. The molecule has 1 aromatic heterocycles. The van der Waals surface area contributed by atoms with Crippen molar-refractivity contribution in [2.75, 3.05) is 7.05 Å². The van der Waals surface area contributed by atoms with Gasteiger partial charge in [0.1, 0.15) is 0 Å². The van der Waals surface area contributed by atoms with E-state index in [0.717, 1.165) is 12.8 Å². The highest BCUT2D eigenvalue weighted by atomic mass is 35.5. The summed E-state index contributed by atoms with van der Waals surface area (Å²) >= 11 is 14.0. The first-order valence-corrected chi connectivity index (χ1v) is 8.03. The summed E-state index contributed by atoms with van der Waals surface area (Å²) in [5, 5.41) is 6.86. The van der Waals surface area contributed by atoms with Crippen LogP contribution in [-0.2, 0) is 0 Å². The summed E-state index contributed by atoms with van der Waals surface area (Å²) in [6.45, 7) is 0. The number of rotatable bonds is 2. The maximum atomic E-state index is 6.15. The van der Waals surface area contributed by atoms with Crippen LogP contribution in [-0.4, -0.2) is 7.05 Å². The van der Waals surface area contributed by atoms with Crippen LogP contribution in [0.2, 0.25) is 10.0 Å². The molecule has 0 spiro atoms. The van der Waals surface area contributed by atoms with E-state index >= 15 is 0 Å². The molecule has 1 aromatic carbocycles. The van der Waals surface area contributed by atoms with Crippen LogP contribution in [0.15, 0.2) is 29.6 Å². The van der Waals surface area contributed by atoms with Gasteiger partial charge in [-0.3, -0.25) is 0 Å². The van der Waals surface area contributed by atoms with E-state index in [0.29, 0.717) is 22.0 Å². The molecule has 0 radical (unpaired) electrons. The van der Waals surface area contributed by atoms with Crippen molar-refractivity contribution in [3.05, 3.63) is 55.7 Å². The Balaban J connectivity index is 0.00000147. The topological polar surface area (TPSA) is 12.0 Å². The van der Waals surface area contributed by atoms with Gasteiger partial charge in [-0.05, 0) is 54.6 Å². The Hall–Kier alpha value is -0.250. The number of benzene rings is 1. The molecule has 1 nitrogen and oxygen atoms in total. The van der Waals surface area contributed by atoms with Crippen LogP contribution in [0.1, 0.15) is 40.8 Å². The quantitative estimate of drug-likeness (QED) is 0.738. The average Bonchev–Trinajstić information content (AvgIpc) is 2.90. The molecule has 1 N–H and O–H groups in total. The van der Waals surface area contributed by atoms with Crippen molar-refractivity contribution < 1.29 is 0 Å². The number of nitrogens with one attached hydrogen (secondary N) is 1. The summed E-state index contributed by atoms with van der Waals surface area (Å²) in [6.07, 6.45) is 2.31. The van der Waals surface area contributed by atoms with Crippen molar-refractivity contribution in [2.45, 2.75) is 24.8 Å². The normalized spacial score (nSPS) is 21.1. The number of hydrogen-bond acceptors (Lipinski definition) is 2. The monoisotopic (exact) mass is 347 g/mol. The minimum absolute atomic E-state index is 0. The van der Waals surface area contributed by atoms with Crippen LogP contribution < -0.4 is 5.32 Å². The fraction of sp³-hybridized carbons (Fsp3) is 0.333. The highest BCUT2D eigenvalue weighted by molar-refractivity contribution is 7.10. The van der Waals surface area contributed by atoms with E-state index < -0.39 is 0 Å². The average molecular weight is 349 g/mol. The minimum Gasteiger partial charge on any atom is -0.313 e. The predicted molar refractivity (Wildman–Crippen MR) is 90.9 cm³/mol. The molecular weight excluding hydrogens is 333 g/mol. The number of hydrogen-bond donors (Lipinski definition) is 1. The van der Waals surface area contributed by atoms with Gasteiger partial charge in [-0.25, -0.2) is 0 Å². The van der Waals surface area contributed by atoms with Gasteiger partial charge in [-0.15, -0.1) is 23.7 Å². The van der Waals surface area contributed by atoms with Crippen molar-refractivity contribution in [1.82, 2.24) is 5.32 Å². The second-order valence-corrected chi connectivity index (χ2v) is 6.65. The predicted octanol–water partition coefficient (Wildman–Crippen LogP) is 5.66. The number of halogens is 3. The maximum absolute atomic E-state index is 6.15. The van der Waals surface area contributed by atoms with Gasteiger partial charge in [0.2, 0.25) is 0 Å². The Bertz CT molecular complexity index is 597. The fourth-order valence-corrected chi connectivity index (χ4v) is 4.30. The summed E-state index contributed by atoms with van der Waals surface area (Å²) in [6, 6.07) is 8.74. The first-order chi connectivity index (χ1) is 9.20. The van der Waals surface area contributed by atoms with Crippen LogP contribution in [0, 0.1) is 0 Å².